The third-order valence-electron chi connectivity index (χ3n) is 3.36. The van der Waals surface area contributed by atoms with Gasteiger partial charge in [-0.2, -0.15) is 0 Å². The standard InChI is InChI=1S/C14H21FN2O2/c1-2-16-8-11-4-3-5-13(15)14(11)17-6-7-19-10-12(17)9-18/h3-5,12,16,18H,2,6-10H2,1H3. The van der Waals surface area contributed by atoms with E-state index in [0.29, 0.717) is 32.0 Å². The van der Waals surface area contributed by atoms with E-state index in [9.17, 15) is 9.50 Å². The van der Waals surface area contributed by atoms with Crippen LogP contribution in [0.5, 0.6) is 0 Å². The molecule has 1 aromatic rings. The van der Waals surface area contributed by atoms with Gasteiger partial charge in [0.2, 0.25) is 0 Å². The molecule has 106 valence electrons. The zero-order valence-corrected chi connectivity index (χ0v) is 11.2. The summed E-state index contributed by atoms with van der Waals surface area (Å²) in [7, 11) is 0. The van der Waals surface area contributed by atoms with Crippen molar-refractivity contribution in [3.63, 3.8) is 0 Å². The van der Waals surface area contributed by atoms with Gasteiger partial charge in [0.15, 0.2) is 0 Å². The molecule has 1 heterocycles. The smallest absolute Gasteiger partial charge is 0.146 e. The number of nitrogens with one attached hydrogen (secondary N) is 1. The van der Waals surface area contributed by atoms with Gasteiger partial charge in [0, 0.05) is 13.1 Å². The number of nitrogens with zero attached hydrogens (tertiary/aromatic N) is 1. The summed E-state index contributed by atoms with van der Waals surface area (Å²) in [6, 6.07) is 4.94. The van der Waals surface area contributed by atoms with Gasteiger partial charge >= 0.3 is 0 Å². The van der Waals surface area contributed by atoms with Gasteiger partial charge in [0.05, 0.1) is 31.5 Å². The van der Waals surface area contributed by atoms with Crippen molar-refractivity contribution in [2.45, 2.75) is 19.5 Å². The number of hydrogen-bond acceptors (Lipinski definition) is 4. The molecule has 2 N–H and O–H groups in total. The van der Waals surface area contributed by atoms with Crippen LogP contribution in [0.4, 0.5) is 10.1 Å². The van der Waals surface area contributed by atoms with Crippen LogP contribution >= 0.6 is 0 Å². The minimum absolute atomic E-state index is 0.0328. The summed E-state index contributed by atoms with van der Waals surface area (Å²) in [6.45, 7) is 5.04. The van der Waals surface area contributed by atoms with E-state index in [-0.39, 0.29) is 18.5 Å². The van der Waals surface area contributed by atoms with E-state index in [1.165, 1.54) is 6.07 Å². The van der Waals surface area contributed by atoms with Crippen LogP contribution in [-0.4, -0.2) is 44.1 Å². The molecular formula is C14H21FN2O2. The van der Waals surface area contributed by atoms with Crippen molar-refractivity contribution < 1.29 is 14.2 Å². The first-order valence-corrected chi connectivity index (χ1v) is 6.71. The molecule has 0 saturated carbocycles. The summed E-state index contributed by atoms with van der Waals surface area (Å²) >= 11 is 0. The second-order valence-corrected chi connectivity index (χ2v) is 4.63. The molecule has 1 aliphatic rings. The topological polar surface area (TPSA) is 44.7 Å². The fourth-order valence-corrected chi connectivity index (χ4v) is 2.38. The van der Waals surface area contributed by atoms with Crippen molar-refractivity contribution >= 4 is 5.69 Å². The summed E-state index contributed by atoms with van der Waals surface area (Å²) in [5, 5.41) is 12.6. The van der Waals surface area contributed by atoms with Crippen molar-refractivity contribution in [2.75, 3.05) is 37.8 Å². The zero-order chi connectivity index (χ0) is 13.7. The zero-order valence-electron chi connectivity index (χ0n) is 11.2. The van der Waals surface area contributed by atoms with Gasteiger partial charge in [0.25, 0.3) is 0 Å². The van der Waals surface area contributed by atoms with Crippen molar-refractivity contribution in [3.8, 4) is 0 Å². The second kappa shape index (κ2) is 6.84. The maximum atomic E-state index is 14.2. The van der Waals surface area contributed by atoms with E-state index in [0.717, 1.165) is 12.1 Å². The molecule has 0 aliphatic carbocycles. The summed E-state index contributed by atoms with van der Waals surface area (Å²) in [4.78, 5) is 1.92. The lowest BCUT2D eigenvalue weighted by Gasteiger charge is -2.37. The number of hydrogen-bond donors (Lipinski definition) is 2. The largest absolute Gasteiger partial charge is 0.394 e. The number of benzene rings is 1. The Morgan fingerprint density at radius 2 is 2.37 bits per heavy atom. The number of anilines is 1. The Morgan fingerprint density at radius 1 is 1.53 bits per heavy atom. The Bertz CT molecular complexity index is 414. The van der Waals surface area contributed by atoms with Crippen LogP contribution in [0.1, 0.15) is 12.5 Å². The molecule has 0 spiro atoms. The van der Waals surface area contributed by atoms with Crippen molar-refractivity contribution in [2.24, 2.45) is 0 Å². The van der Waals surface area contributed by atoms with E-state index in [4.69, 9.17) is 4.74 Å². The number of ether oxygens (including phenoxy) is 1. The number of aliphatic hydroxyl groups excluding tert-OH is 1. The highest BCUT2D eigenvalue weighted by Crippen LogP contribution is 2.27. The van der Waals surface area contributed by atoms with E-state index in [1.54, 1.807) is 6.07 Å². The number of halogens is 1. The molecule has 1 unspecified atom stereocenters. The normalized spacial score (nSPS) is 19.7. The Kier molecular flexibility index (Phi) is 5.13. The summed E-state index contributed by atoms with van der Waals surface area (Å²) in [5.74, 6) is -0.240. The molecule has 1 fully saturated rings. The Hall–Kier alpha value is -1.17. The second-order valence-electron chi connectivity index (χ2n) is 4.63. The molecule has 0 aromatic heterocycles. The summed E-state index contributed by atoms with van der Waals surface area (Å²) < 4.78 is 19.5. The predicted molar refractivity (Wildman–Crippen MR) is 72.8 cm³/mol. The number of morpholine rings is 1. The lowest BCUT2D eigenvalue weighted by atomic mass is 10.1. The Labute approximate surface area is 113 Å². The number of para-hydroxylation sites is 1. The molecule has 1 aliphatic heterocycles. The molecule has 2 rings (SSSR count). The van der Waals surface area contributed by atoms with Crippen LogP contribution in [0, 0.1) is 5.82 Å². The quantitative estimate of drug-likeness (QED) is 0.840. The van der Waals surface area contributed by atoms with E-state index in [2.05, 4.69) is 5.32 Å². The average Bonchev–Trinajstić information content (AvgIpc) is 2.45. The minimum Gasteiger partial charge on any atom is -0.394 e. The van der Waals surface area contributed by atoms with Gasteiger partial charge in [-0.25, -0.2) is 4.39 Å². The molecule has 0 radical (unpaired) electrons. The van der Waals surface area contributed by atoms with Crippen molar-refractivity contribution in [3.05, 3.63) is 29.6 Å². The minimum atomic E-state index is -0.240. The molecule has 1 aromatic carbocycles. The molecular weight excluding hydrogens is 247 g/mol. The lowest BCUT2D eigenvalue weighted by Crippen LogP contribution is -2.48. The van der Waals surface area contributed by atoms with E-state index < -0.39 is 0 Å². The molecule has 1 saturated heterocycles. The first-order chi connectivity index (χ1) is 9.27. The van der Waals surface area contributed by atoms with Gasteiger partial charge < -0.3 is 20.1 Å². The van der Waals surface area contributed by atoms with Crippen molar-refractivity contribution in [1.82, 2.24) is 5.32 Å². The monoisotopic (exact) mass is 268 g/mol. The molecule has 19 heavy (non-hydrogen) atoms. The van der Waals surface area contributed by atoms with Gasteiger partial charge in [-0.15, -0.1) is 0 Å². The van der Waals surface area contributed by atoms with Crippen LogP contribution in [0.3, 0.4) is 0 Å². The maximum absolute atomic E-state index is 14.2. The van der Waals surface area contributed by atoms with Crippen LogP contribution in [0.2, 0.25) is 0 Å². The van der Waals surface area contributed by atoms with E-state index >= 15 is 0 Å². The highest BCUT2D eigenvalue weighted by molar-refractivity contribution is 5.56. The Balaban J connectivity index is 2.30. The van der Waals surface area contributed by atoms with Crippen LogP contribution in [0.25, 0.3) is 0 Å². The highest BCUT2D eigenvalue weighted by atomic mass is 19.1. The third-order valence-corrected chi connectivity index (χ3v) is 3.36. The third kappa shape index (κ3) is 3.23. The fraction of sp³-hybridized carbons (Fsp3) is 0.571. The van der Waals surface area contributed by atoms with E-state index in [1.807, 2.05) is 17.9 Å². The lowest BCUT2D eigenvalue weighted by molar-refractivity contribution is 0.0722. The highest BCUT2D eigenvalue weighted by Gasteiger charge is 2.26. The molecule has 0 amide bonds. The van der Waals surface area contributed by atoms with Crippen LogP contribution < -0.4 is 10.2 Å². The summed E-state index contributed by atoms with van der Waals surface area (Å²) in [5.41, 5.74) is 1.51. The maximum Gasteiger partial charge on any atom is 0.146 e. The first kappa shape index (κ1) is 14.2. The number of rotatable bonds is 5. The fourth-order valence-electron chi connectivity index (χ4n) is 2.38. The summed E-state index contributed by atoms with van der Waals surface area (Å²) in [6.07, 6.45) is 0. The SMILES string of the molecule is CCNCc1cccc(F)c1N1CCOCC1CO. The van der Waals surface area contributed by atoms with Gasteiger partial charge in [-0.05, 0) is 18.2 Å². The molecule has 5 heteroatoms. The van der Waals surface area contributed by atoms with Crippen LogP contribution in [-0.2, 0) is 11.3 Å². The van der Waals surface area contributed by atoms with Gasteiger partial charge in [-0.3, -0.25) is 0 Å². The average molecular weight is 268 g/mol. The Morgan fingerprint density at radius 3 is 3.11 bits per heavy atom. The van der Waals surface area contributed by atoms with Crippen molar-refractivity contribution in [1.29, 1.82) is 0 Å². The number of aliphatic hydroxyl groups is 1. The van der Waals surface area contributed by atoms with Crippen LogP contribution in [0.15, 0.2) is 18.2 Å². The van der Waals surface area contributed by atoms with Gasteiger partial charge in [0.1, 0.15) is 5.82 Å². The molecule has 0 bridgehead atoms. The van der Waals surface area contributed by atoms with Gasteiger partial charge in [-0.1, -0.05) is 19.1 Å². The first-order valence-electron chi connectivity index (χ1n) is 6.71. The molecule has 4 nitrogen and oxygen atoms in total. The molecule has 1 atom stereocenters. The predicted octanol–water partition coefficient (Wildman–Crippen LogP) is 1.13.